The summed E-state index contributed by atoms with van der Waals surface area (Å²) >= 11 is 1.35. The van der Waals surface area contributed by atoms with Crippen LogP contribution in [0.1, 0.15) is 20.8 Å². The summed E-state index contributed by atoms with van der Waals surface area (Å²) in [6.45, 7) is 4.71. The summed E-state index contributed by atoms with van der Waals surface area (Å²) in [5.41, 5.74) is 3.92. The van der Waals surface area contributed by atoms with Crippen molar-refractivity contribution in [3.8, 4) is 22.0 Å². The van der Waals surface area contributed by atoms with Crippen molar-refractivity contribution in [3.05, 3.63) is 89.0 Å². The molecule has 0 saturated carbocycles. The predicted octanol–water partition coefficient (Wildman–Crippen LogP) is 4.83. The van der Waals surface area contributed by atoms with Gasteiger partial charge >= 0.3 is 0 Å². The summed E-state index contributed by atoms with van der Waals surface area (Å²) in [6.07, 6.45) is 1.62. The van der Waals surface area contributed by atoms with E-state index in [1.807, 2.05) is 54.6 Å². The van der Waals surface area contributed by atoms with Gasteiger partial charge in [-0.3, -0.25) is 9.69 Å². The van der Waals surface area contributed by atoms with Gasteiger partial charge in [-0.1, -0.05) is 54.6 Å². The highest BCUT2D eigenvalue weighted by atomic mass is 32.1. The largest absolute Gasteiger partial charge is 0.462 e. The first-order valence-corrected chi connectivity index (χ1v) is 11.8. The molecule has 2 aromatic carbocycles. The summed E-state index contributed by atoms with van der Waals surface area (Å²) in [7, 11) is 0. The molecule has 0 atom stereocenters. The Morgan fingerprint density at radius 3 is 2.48 bits per heavy atom. The van der Waals surface area contributed by atoms with Crippen LogP contribution < -0.4 is 5.32 Å². The number of nitrogens with one attached hydrogen (secondary N) is 1. The molecule has 3 heterocycles. The van der Waals surface area contributed by atoms with E-state index in [0.717, 1.165) is 44.0 Å². The second-order valence-electron chi connectivity index (χ2n) is 7.88. The zero-order valence-electron chi connectivity index (χ0n) is 18.2. The van der Waals surface area contributed by atoms with Gasteiger partial charge in [-0.2, -0.15) is 0 Å². The zero-order chi connectivity index (χ0) is 22.5. The van der Waals surface area contributed by atoms with Gasteiger partial charge in [0.15, 0.2) is 10.8 Å². The summed E-state index contributed by atoms with van der Waals surface area (Å²) < 4.78 is 11.0. The molecular formula is C26H25N3O3S. The first-order chi connectivity index (χ1) is 16.3. The van der Waals surface area contributed by atoms with Crippen molar-refractivity contribution in [1.29, 1.82) is 0 Å². The molecule has 0 aliphatic carbocycles. The highest BCUT2D eigenvalue weighted by Gasteiger charge is 2.21. The molecule has 7 heteroatoms. The van der Waals surface area contributed by atoms with Crippen LogP contribution in [-0.4, -0.2) is 42.1 Å². The molecule has 1 amide bonds. The van der Waals surface area contributed by atoms with E-state index in [1.54, 1.807) is 6.26 Å². The van der Waals surface area contributed by atoms with Crippen molar-refractivity contribution in [2.24, 2.45) is 0 Å². The lowest BCUT2D eigenvalue weighted by Crippen LogP contribution is -2.36. The Kier molecular flexibility index (Phi) is 6.62. The number of furan rings is 1. The first-order valence-electron chi connectivity index (χ1n) is 11.0. The summed E-state index contributed by atoms with van der Waals surface area (Å²) in [5, 5.41) is 3.81. The third-order valence-corrected chi connectivity index (χ3v) is 6.74. The second kappa shape index (κ2) is 10.1. The summed E-state index contributed by atoms with van der Waals surface area (Å²) in [5.74, 6) is 0.525. The van der Waals surface area contributed by atoms with Gasteiger partial charge < -0.3 is 14.5 Å². The van der Waals surface area contributed by atoms with Gasteiger partial charge in [-0.05, 0) is 23.3 Å². The van der Waals surface area contributed by atoms with Crippen LogP contribution in [0.15, 0.2) is 77.4 Å². The number of ether oxygens (including phenoxy) is 1. The summed E-state index contributed by atoms with van der Waals surface area (Å²) in [6, 6.07) is 21.7. The number of hydrogen-bond acceptors (Lipinski definition) is 6. The molecule has 33 heavy (non-hydrogen) atoms. The SMILES string of the molecule is O=C(NCc1ccccc1CN1CCOCC1)c1sc(-c2ccco2)nc1-c1ccccc1. The van der Waals surface area contributed by atoms with Crippen molar-refractivity contribution < 1.29 is 13.9 Å². The fourth-order valence-corrected chi connectivity index (χ4v) is 4.88. The van der Waals surface area contributed by atoms with Crippen LogP contribution >= 0.6 is 11.3 Å². The molecule has 6 nitrogen and oxygen atoms in total. The fraction of sp³-hybridized carbons (Fsp3) is 0.231. The molecule has 0 spiro atoms. The Bertz CT molecular complexity index is 1200. The third kappa shape index (κ3) is 5.06. The topological polar surface area (TPSA) is 67.6 Å². The Morgan fingerprint density at radius 1 is 0.970 bits per heavy atom. The summed E-state index contributed by atoms with van der Waals surface area (Å²) in [4.78, 5) is 21.0. The van der Waals surface area contributed by atoms with Crippen LogP contribution in [0.2, 0.25) is 0 Å². The maximum atomic E-state index is 13.3. The Hall–Kier alpha value is -3.26. The number of carbonyl (C=O) groups excluding carboxylic acids is 1. The van der Waals surface area contributed by atoms with Crippen LogP contribution in [0, 0.1) is 0 Å². The third-order valence-electron chi connectivity index (χ3n) is 5.67. The lowest BCUT2D eigenvalue weighted by Gasteiger charge is -2.27. The normalized spacial score (nSPS) is 14.3. The van der Waals surface area contributed by atoms with Crippen molar-refractivity contribution in [2.45, 2.75) is 13.1 Å². The Labute approximate surface area is 196 Å². The minimum atomic E-state index is -0.134. The monoisotopic (exact) mass is 459 g/mol. The fourth-order valence-electron chi connectivity index (χ4n) is 3.91. The number of aromatic nitrogens is 1. The average molecular weight is 460 g/mol. The van der Waals surface area contributed by atoms with E-state index in [9.17, 15) is 4.79 Å². The number of benzene rings is 2. The van der Waals surface area contributed by atoms with Crippen LogP contribution in [0.3, 0.4) is 0 Å². The van der Waals surface area contributed by atoms with Gasteiger partial charge in [0.05, 0.1) is 25.2 Å². The number of nitrogens with zero attached hydrogens (tertiary/aromatic N) is 2. The number of rotatable bonds is 7. The molecule has 1 fully saturated rings. The highest BCUT2D eigenvalue weighted by molar-refractivity contribution is 7.17. The van der Waals surface area contributed by atoms with E-state index >= 15 is 0 Å². The average Bonchev–Trinajstić information content (AvgIpc) is 3.55. The number of morpholine rings is 1. The van der Waals surface area contributed by atoms with Crippen LogP contribution in [0.5, 0.6) is 0 Å². The maximum absolute atomic E-state index is 13.3. The molecule has 0 unspecified atom stereocenters. The van der Waals surface area contributed by atoms with Gasteiger partial charge in [0, 0.05) is 31.7 Å². The number of carbonyl (C=O) groups is 1. The van der Waals surface area contributed by atoms with Crippen LogP contribution in [0.4, 0.5) is 0 Å². The van der Waals surface area contributed by atoms with Gasteiger partial charge in [-0.15, -0.1) is 11.3 Å². The molecule has 168 valence electrons. The molecule has 4 aromatic rings. The highest BCUT2D eigenvalue weighted by Crippen LogP contribution is 2.34. The van der Waals surface area contributed by atoms with Crippen molar-refractivity contribution in [1.82, 2.24) is 15.2 Å². The minimum Gasteiger partial charge on any atom is -0.462 e. The van der Waals surface area contributed by atoms with E-state index in [-0.39, 0.29) is 5.91 Å². The van der Waals surface area contributed by atoms with E-state index in [0.29, 0.717) is 27.9 Å². The van der Waals surface area contributed by atoms with E-state index in [1.165, 1.54) is 16.9 Å². The molecule has 1 aliphatic heterocycles. The van der Waals surface area contributed by atoms with Crippen LogP contribution in [-0.2, 0) is 17.8 Å². The molecule has 2 aromatic heterocycles. The molecule has 1 saturated heterocycles. The van der Waals surface area contributed by atoms with Gasteiger partial charge in [0.1, 0.15) is 4.88 Å². The van der Waals surface area contributed by atoms with Gasteiger partial charge in [0.2, 0.25) is 0 Å². The van der Waals surface area contributed by atoms with E-state index < -0.39 is 0 Å². The minimum absolute atomic E-state index is 0.134. The molecule has 0 bridgehead atoms. The van der Waals surface area contributed by atoms with Gasteiger partial charge in [0.25, 0.3) is 5.91 Å². The number of amides is 1. The zero-order valence-corrected chi connectivity index (χ0v) is 19.0. The molecule has 0 radical (unpaired) electrons. The van der Waals surface area contributed by atoms with Crippen LogP contribution in [0.25, 0.3) is 22.0 Å². The lowest BCUT2D eigenvalue weighted by atomic mass is 10.1. The quantitative estimate of drug-likeness (QED) is 0.429. The Balaban J connectivity index is 1.36. The Morgan fingerprint density at radius 2 is 1.73 bits per heavy atom. The van der Waals surface area contributed by atoms with E-state index in [4.69, 9.17) is 14.1 Å². The maximum Gasteiger partial charge on any atom is 0.263 e. The van der Waals surface area contributed by atoms with Crippen molar-refractivity contribution >= 4 is 17.2 Å². The molecular weight excluding hydrogens is 434 g/mol. The second-order valence-corrected chi connectivity index (χ2v) is 8.88. The molecule has 1 N–H and O–H groups in total. The first kappa shape index (κ1) is 21.6. The van der Waals surface area contributed by atoms with Crippen molar-refractivity contribution in [3.63, 3.8) is 0 Å². The number of hydrogen-bond donors (Lipinski definition) is 1. The van der Waals surface area contributed by atoms with E-state index in [2.05, 4.69) is 22.3 Å². The smallest absolute Gasteiger partial charge is 0.263 e. The standard InChI is InChI=1S/C26H25N3O3S/c30-25(27-17-20-9-4-5-10-21(20)18-29-12-15-31-16-13-29)24-23(19-7-2-1-3-8-19)28-26(33-24)22-11-6-14-32-22/h1-11,14H,12-13,15-18H2,(H,27,30). The van der Waals surface area contributed by atoms with Gasteiger partial charge in [-0.25, -0.2) is 4.98 Å². The molecule has 5 rings (SSSR count). The molecule has 1 aliphatic rings. The predicted molar refractivity (Wildman–Crippen MR) is 129 cm³/mol. The number of thiazole rings is 1. The lowest BCUT2D eigenvalue weighted by molar-refractivity contribution is 0.0340. The van der Waals surface area contributed by atoms with Crippen molar-refractivity contribution in [2.75, 3.05) is 26.3 Å².